The predicted molar refractivity (Wildman–Crippen MR) is 176 cm³/mol. The molecule has 0 aliphatic carbocycles. The highest BCUT2D eigenvalue weighted by atomic mass is 19.4. The van der Waals surface area contributed by atoms with Crippen LogP contribution in [0.4, 0.5) is 18.9 Å². The molecule has 0 spiro atoms. The quantitative estimate of drug-likeness (QED) is 0.120. The van der Waals surface area contributed by atoms with E-state index in [2.05, 4.69) is 32.4 Å². The highest BCUT2D eigenvalue weighted by molar-refractivity contribution is 5.99. The Bertz CT molecular complexity index is 1470. The average molecular weight is 679 g/mol. The maximum Gasteiger partial charge on any atom is 0.416 e. The van der Waals surface area contributed by atoms with Crippen molar-refractivity contribution in [3.05, 3.63) is 58.4 Å². The second kappa shape index (κ2) is 18.0. The molecule has 14 nitrogen and oxygen atoms in total. The number of aryl methyl sites for hydroxylation is 2. The van der Waals surface area contributed by atoms with Gasteiger partial charge in [-0.2, -0.15) is 18.3 Å². The van der Waals surface area contributed by atoms with Crippen LogP contribution in [0.15, 0.2) is 41.0 Å². The van der Waals surface area contributed by atoms with Gasteiger partial charge in [0.05, 0.1) is 11.3 Å². The molecule has 1 saturated heterocycles. The Morgan fingerprint density at radius 3 is 2.19 bits per heavy atom. The number of rotatable bonds is 11. The number of carbonyl (C=O) groups is 3. The predicted octanol–water partition coefficient (Wildman–Crippen LogP) is 2.35. The number of hydrazone groups is 1. The first-order chi connectivity index (χ1) is 22.6. The molecule has 2 heterocycles. The molecule has 0 unspecified atom stereocenters. The molecular weight excluding hydrogens is 633 g/mol. The standard InChI is InChI=1S/C28H35F3N8O4.C3H10N2/c1-6-20(33-7-2)24(37-10-12-38(13-11-37)26(42)23-25(41)18(4)34-16-35-23)27(43)39(32-5)15-22(40)36-21-9-8-19(14-17(21)3)28(29,30)31;1-5(2)3-4/h8-9,14,16,33,41H,5-7,10-13,15H2,1-4H3,(H,36,40);3-4H2,1-2H3/b24-20+;. The number of halogens is 3. The van der Waals surface area contributed by atoms with Gasteiger partial charge in [-0.1, -0.05) is 6.92 Å². The van der Waals surface area contributed by atoms with E-state index in [1.165, 1.54) is 18.2 Å². The Kier molecular flexibility index (Phi) is 14.7. The molecule has 264 valence electrons. The lowest BCUT2D eigenvalue weighted by atomic mass is 10.1. The number of alkyl halides is 3. The minimum atomic E-state index is -4.52. The Hall–Kier alpha value is -4.77. The number of carbonyl (C=O) groups excluding carboxylic acids is 3. The summed E-state index contributed by atoms with van der Waals surface area (Å²) in [6.07, 6.45) is -2.87. The molecule has 17 heteroatoms. The van der Waals surface area contributed by atoms with Gasteiger partial charge >= 0.3 is 6.18 Å². The summed E-state index contributed by atoms with van der Waals surface area (Å²) in [6, 6.07) is 2.94. The topological polar surface area (TPSA) is 173 Å². The molecule has 1 fully saturated rings. The van der Waals surface area contributed by atoms with E-state index in [-0.39, 0.29) is 60.3 Å². The van der Waals surface area contributed by atoms with Crippen molar-refractivity contribution in [2.24, 2.45) is 10.8 Å². The lowest BCUT2D eigenvalue weighted by Gasteiger charge is -2.38. The molecule has 3 rings (SSSR count). The van der Waals surface area contributed by atoms with Gasteiger partial charge in [-0.25, -0.2) is 15.0 Å². The van der Waals surface area contributed by atoms with Crippen LogP contribution in [0.1, 0.15) is 47.6 Å². The number of piperazine rings is 1. The van der Waals surface area contributed by atoms with E-state index in [0.717, 1.165) is 23.2 Å². The molecule has 1 aromatic carbocycles. The molecule has 1 aliphatic heterocycles. The molecule has 0 bridgehead atoms. The summed E-state index contributed by atoms with van der Waals surface area (Å²) in [7, 11) is 3.86. The number of nitrogens with two attached hydrogens (primary N) is 1. The summed E-state index contributed by atoms with van der Waals surface area (Å²) in [6.45, 7) is 11.7. The lowest BCUT2D eigenvalue weighted by molar-refractivity contribution is -0.137. The third-order valence-electron chi connectivity index (χ3n) is 7.21. The van der Waals surface area contributed by atoms with Crippen molar-refractivity contribution in [1.82, 2.24) is 35.0 Å². The Balaban J connectivity index is 0.00000149. The second-order valence-electron chi connectivity index (χ2n) is 11.0. The number of benzene rings is 1. The number of hydrogen-bond acceptors (Lipinski definition) is 11. The van der Waals surface area contributed by atoms with Gasteiger partial charge in [0.15, 0.2) is 11.4 Å². The minimum Gasteiger partial charge on any atom is -0.504 e. The van der Waals surface area contributed by atoms with Crippen LogP contribution in [0.5, 0.6) is 5.75 Å². The number of allylic oxidation sites excluding steroid dienone is 1. The first-order valence-corrected chi connectivity index (χ1v) is 15.2. The Labute approximate surface area is 278 Å². The van der Waals surface area contributed by atoms with E-state index in [1.807, 2.05) is 32.8 Å². The number of nitrogens with zero attached hydrogens (tertiary/aromatic N) is 7. The highest BCUT2D eigenvalue weighted by Crippen LogP contribution is 2.31. The number of nitrogens with one attached hydrogen (secondary N) is 2. The Morgan fingerprint density at radius 1 is 1.08 bits per heavy atom. The minimum absolute atomic E-state index is 0.106. The molecule has 5 N–H and O–H groups in total. The maximum atomic E-state index is 13.8. The zero-order valence-corrected chi connectivity index (χ0v) is 28.2. The third-order valence-corrected chi connectivity index (χ3v) is 7.21. The van der Waals surface area contributed by atoms with Crippen LogP contribution in [0.3, 0.4) is 0 Å². The summed E-state index contributed by atoms with van der Waals surface area (Å²) < 4.78 is 39.1. The molecule has 0 atom stereocenters. The van der Waals surface area contributed by atoms with Crippen LogP contribution in [0.2, 0.25) is 0 Å². The van der Waals surface area contributed by atoms with Gasteiger partial charge < -0.3 is 31.3 Å². The van der Waals surface area contributed by atoms with E-state index in [9.17, 15) is 32.7 Å². The second-order valence-corrected chi connectivity index (χ2v) is 11.0. The molecular formula is C31H45F3N10O4. The van der Waals surface area contributed by atoms with Crippen molar-refractivity contribution in [3.63, 3.8) is 0 Å². The normalized spacial score (nSPS) is 13.6. The zero-order chi connectivity index (χ0) is 36.2. The first kappa shape index (κ1) is 39.4. The first-order valence-electron chi connectivity index (χ1n) is 15.2. The number of amides is 3. The smallest absolute Gasteiger partial charge is 0.416 e. The summed E-state index contributed by atoms with van der Waals surface area (Å²) in [5.74, 6) is -2.05. The van der Waals surface area contributed by atoms with Crippen molar-refractivity contribution >= 4 is 30.1 Å². The van der Waals surface area contributed by atoms with Gasteiger partial charge in [0.1, 0.15) is 18.6 Å². The maximum absolute atomic E-state index is 13.8. The summed E-state index contributed by atoms with van der Waals surface area (Å²) in [4.78, 5) is 52.7. The summed E-state index contributed by atoms with van der Waals surface area (Å²) >= 11 is 0. The number of aromatic nitrogens is 2. The van der Waals surface area contributed by atoms with Gasteiger partial charge in [0, 0.05) is 57.5 Å². The highest BCUT2D eigenvalue weighted by Gasteiger charge is 2.33. The summed E-state index contributed by atoms with van der Waals surface area (Å²) in [5.41, 5.74) is 5.64. The molecule has 48 heavy (non-hydrogen) atoms. The average Bonchev–Trinajstić information content (AvgIpc) is 3.05. The number of hydrogen-bond donors (Lipinski definition) is 4. The van der Waals surface area contributed by atoms with E-state index in [4.69, 9.17) is 5.73 Å². The van der Waals surface area contributed by atoms with Crippen LogP contribution < -0.4 is 16.4 Å². The van der Waals surface area contributed by atoms with Gasteiger partial charge in [-0.3, -0.25) is 19.3 Å². The number of anilines is 1. The monoisotopic (exact) mass is 678 g/mol. The van der Waals surface area contributed by atoms with Crippen molar-refractivity contribution in [2.75, 3.05) is 65.3 Å². The van der Waals surface area contributed by atoms with Crippen molar-refractivity contribution < 1.29 is 32.7 Å². The van der Waals surface area contributed by atoms with Crippen LogP contribution in [0, 0.1) is 13.8 Å². The van der Waals surface area contributed by atoms with Gasteiger partial charge in [0.25, 0.3) is 11.8 Å². The molecule has 1 aliphatic rings. The van der Waals surface area contributed by atoms with Gasteiger partial charge in [0.2, 0.25) is 5.91 Å². The molecule has 2 aromatic rings. The van der Waals surface area contributed by atoms with E-state index in [0.29, 0.717) is 25.3 Å². The molecule has 1 aromatic heterocycles. The van der Waals surface area contributed by atoms with Crippen LogP contribution >= 0.6 is 0 Å². The van der Waals surface area contributed by atoms with Crippen molar-refractivity contribution in [1.29, 1.82) is 0 Å². The zero-order valence-electron chi connectivity index (χ0n) is 28.2. The van der Waals surface area contributed by atoms with Crippen molar-refractivity contribution in [3.8, 4) is 5.75 Å². The molecule has 3 amide bonds. The van der Waals surface area contributed by atoms with E-state index < -0.39 is 36.0 Å². The van der Waals surface area contributed by atoms with Crippen LogP contribution in [-0.4, -0.2) is 119 Å². The largest absolute Gasteiger partial charge is 0.504 e. The Morgan fingerprint density at radius 2 is 1.69 bits per heavy atom. The van der Waals surface area contributed by atoms with Gasteiger partial charge in [-0.15, -0.1) is 0 Å². The van der Waals surface area contributed by atoms with E-state index >= 15 is 0 Å². The lowest BCUT2D eigenvalue weighted by Crippen LogP contribution is -2.51. The van der Waals surface area contributed by atoms with Gasteiger partial charge in [-0.05, 0) is 65.0 Å². The van der Waals surface area contributed by atoms with Crippen LogP contribution in [0.25, 0.3) is 0 Å². The summed E-state index contributed by atoms with van der Waals surface area (Å²) in [5, 5.41) is 20.6. The third kappa shape index (κ3) is 10.6. The van der Waals surface area contributed by atoms with Crippen LogP contribution in [-0.2, 0) is 15.8 Å². The van der Waals surface area contributed by atoms with Crippen molar-refractivity contribution in [2.45, 2.75) is 40.3 Å². The molecule has 0 radical (unpaired) electrons. The number of aromatic hydroxyl groups is 1. The fourth-order valence-corrected chi connectivity index (χ4v) is 4.57. The van der Waals surface area contributed by atoms with E-state index in [1.54, 1.807) is 11.8 Å². The fourth-order valence-electron chi connectivity index (χ4n) is 4.57. The SMILES string of the molecule is C=NN(CC(=O)Nc1ccc(C(F)(F)F)cc1C)C(=O)/C(=C(/CC)NCC)N1CCN(C(=O)c2ncnc(C)c2O)CC1.CN(C)CN. The fraction of sp³-hybridized carbons (Fsp3) is 0.484. The molecule has 0 saturated carbocycles.